The van der Waals surface area contributed by atoms with E-state index in [0.717, 1.165) is 15.3 Å². The molecule has 2 N–H and O–H groups in total. The molecular weight excluding hydrogens is 306 g/mol. The fourth-order valence-corrected chi connectivity index (χ4v) is 3.39. The first kappa shape index (κ1) is 15.9. The van der Waals surface area contributed by atoms with Crippen LogP contribution in [0.25, 0.3) is 10.2 Å². The Morgan fingerprint density at radius 2 is 2.10 bits per heavy atom. The first-order chi connectivity index (χ1) is 9.81. The Labute approximate surface area is 132 Å². The Bertz CT molecular complexity index is 799. The molecule has 0 aliphatic heterocycles. The lowest BCUT2D eigenvalue weighted by molar-refractivity contribution is -0.121. The highest BCUT2D eigenvalue weighted by atomic mass is 32.1. The summed E-state index contributed by atoms with van der Waals surface area (Å²) in [6, 6.07) is 0. The topological polar surface area (TPSA) is 66.9 Å². The lowest BCUT2D eigenvalue weighted by Crippen LogP contribution is -2.34. The summed E-state index contributed by atoms with van der Waals surface area (Å²) in [5, 5.41) is 3.42. The van der Waals surface area contributed by atoms with Crippen molar-refractivity contribution < 1.29 is 4.79 Å². The average Bonchev–Trinajstić information content (AvgIpc) is 2.67. The van der Waals surface area contributed by atoms with E-state index < -0.39 is 0 Å². The number of nitrogens with zero attached hydrogens (tertiary/aromatic N) is 1. The van der Waals surface area contributed by atoms with Gasteiger partial charge in [0, 0.05) is 11.4 Å². The summed E-state index contributed by atoms with van der Waals surface area (Å²) in [7, 11) is 0. The van der Waals surface area contributed by atoms with Crippen molar-refractivity contribution in [1.82, 2.24) is 14.9 Å². The maximum Gasteiger partial charge on any atom is 0.263 e. The molecule has 0 radical (unpaired) electrons. The SMILES string of the molecule is Cc1sc2[nH]c(=S)n(CC(=O)NCC(C)C)c(=O)c2c1C. The zero-order chi connectivity index (χ0) is 15.7. The van der Waals surface area contributed by atoms with Gasteiger partial charge in [0.2, 0.25) is 5.91 Å². The van der Waals surface area contributed by atoms with Gasteiger partial charge in [0.1, 0.15) is 11.4 Å². The molecule has 0 fully saturated rings. The van der Waals surface area contributed by atoms with Gasteiger partial charge >= 0.3 is 0 Å². The molecular formula is C14H19N3O2S2. The second-order valence-electron chi connectivity index (χ2n) is 5.51. The number of thiophene rings is 1. The zero-order valence-electron chi connectivity index (χ0n) is 12.6. The smallest absolute Gasteiger partial charge is 0.263 e. The van der Waals surface area contributed by atoms with E-state index in [1.165, 1.54) is 15.9 Å². The second kappa shape index (κ2) is 6.11. The summed E-state index contributed by atoms with van der Waals surface area (Å²) in [5.41, 5.74) is 0.748. The third kappa shape index (κ3) is 3.24. The first-order valence-corrected chi connectivity index (χ1v) is 8.03. The van der Waals surface area contributed by atoms with Crippen LogP contribution in [-0.4, -0.2) is 22.0 Å². The number of aromatic amines is 1. The standard InChI is InChI=1S/C14H19N3O2S2/c1-7(2)5-15-10(18)6-17-13(19)11-8(3)9(4)21-12(11)16-14(17)20/h7H,5-6H2,1-4H3,(H,15,18)(H,16,20). The number of nitrogens with one attached hydrogen (secondary N) is 2. The van der Waals surface area contributed by atoms with E-state index in [1.807, 2.05) is 27.7 Å². The van der Waals surface area contributed by atoms with E-state index in [9.17, 15) is 9.59 Å². The highest BCUT2D eigenvalue weighted by Gasteiger charge is 2.14. The van der Waals surface area contributed by atoms with Crippen LogP contribution < -0.4 is 10.9 Å². The van der Waals surface area contributed by atoms with Crippen LogP contribution in [0.15, 0.2) is 4.79 Å². The van der Waals surface area contributed by atoms with Crippen molar-refractivity contribution >= 4 is 39.7 Å². The third-order valence-corrected chi connectivity index (χ3v) is 4.76. The summed E-state index contributed by atoms with van der Waals surface area (Å²) in [6.07, 6.45) is 0. The van der Waals surface area contributed by atoms with Crippen LogP contribution in [0.3, 0.4) is 0 Å². The van der Waals surface area contributed by atoms with E-state index in [2.05, 4.69) is 10.3 Å². The Balaban J connectivity index is 2.41. The van der Waals surface area contributed by atoms with Gasteiger partial charge in [0.15, 0.2) is 4.77 Å². The van der Waals surface area contributed by atoms with Gasteiger partial charge in [-0.05, 0) is 37.5 Å². The minimum absolute atomic E-state index is 0.0504. The molecule has 2 aromatic heterocycles. The number of rotatable bonds is 4. The van der Waals surface area contributed by atoms with Crippen LogP contribution in [-0.2, 0) is 11.3 Å². The number of aromatic nitrogens is 2. The number of aryl methyl sites for hydroxylation is 2. The van der Waals surface area contributed by atoms with Gasteiger partial charge in [-0.25, -0.2) is 0 Å². The van der Waals surface area contributed by atoms with Crippen LogP contribution in [0.2, 0.25) is 0 Å². The minimum atomic E-state index is -0.200. The van der Waals surface area contributed by atoms with Crippen molar-refractivity contribution in [3.8, 4) is 0 Å². The number of H-pyrrole nitrogens is 1. The van der Waals surface area contributed by atoms with Crippen molar-refractivity contribution in [2.45, 2.75) is 34.2 Å². The van der Waals surface area contributed by atoms with Gasteiger partial charge in [-0.1, -0.05) is 13.8 Å². The van der Waals surface area contributed by atoms with E-state index in [4.69, 9.17) is 12.2 Å². The molecule has 0 aromatic carbocycles. The Kier molecular flexibility index (Phi) is 4.63. The molecule has 0 aliphatic carbocycles. The third-order valence-electron chi connectivity index (χ3n) is 3.32. The molecule has 7 heteroatoms. The Morgan fingerprint density at radius 3 is 2.71 bits per heavy atom. The van der Waals surface area contributed by atoms with Crippen molar-refractivity contribution in [1.29, 1.82) is 0 Å². The quantitative estimate of drug-likeness (QED) is 0.849. The normalized spacial score (nSPS) is 11.3. The molecule has 0 spiro atoms. The molecule has 114 valence electrons. The number of carbonyl (C=O) groups excluding carboxylic acids is 1. The average molecular weight is 325 g/mol. The van der Waals surface area contributed by atoms with E-state index in [0.29, 0.717) is 17.8 Å². The first-order valence-electron chi connectivity index (χ1n) is 6.80. The number of fused-ring (bicyclic) bond motifs is 1. The molecule has 0 aliphatic rings. The fraction of sp³-hybridized carbons (Fsp3) is 0.500. The predicted octanol–water partition coefficient (Wildman–Crippen LogP) is 2.51. The molecule has 0 saturated carbocycles. The molecule has 5 nitrogen and oxygen atoms in total. The van der Waals surface area contributed by atoms with Gasteiger partial charge in [0.25, 0.3) is 5.56 Å². The predicted molar refractivity (Wildman–Crippen MR) is 88.6 cm³/mol. The lowest BCUT2D eigenvalue weighted by atomic mass is 10.2. The van der Waals surface area contributed by atoms with Crippen molar-refractivity contribution in [2.24, 2.45) is 5.92 Å². The molecule has 2 aromatic rings. The molecule has 2 heterocycles. The van der Waals surface area contributed by atoms with Crippen LogP contribution in [0.1, 0.15) is 24.3 Å². The van der Waals surface area contributed by atoms with Crippen LogP contribution in [0, 0.1) is 24.5 Å². The van der Waals surface area contributed by atoms with Crippen molar-refractivity contribution in [3.05, 3.63) is 25.6 Å². The van der Waals surface area contributed by atoms with Gasteiger partial charge in [0.05, 0.1) is 5.39 Å². The summed E-state index contributed by atoms with van der Waals surface area (Å²) in [6.45, 7) is 8.45. The van der Waals surface area contributed by atoms with E-state index in [-0.39, 0.29) is 22.8 Å². The highest BCUT2D eigenvalue weighted by Crippen LogP contribution is 2.25. The lowest BCUT2D eigenvalue weighted by Gasteiger charge is -2.09. The minimum Gasteiger partial charge on any atom is -0.354 e. The van der Waals surface area contributed by atoms with E-state index in [1.54, 1.807) is 0 Å². The Hall–Kier alpha value is -1.47. The summed E-state index contributed by atoms with van der Waals surface area (Å²) in [5.74, 6) is 0.165. The molecule has 0 atom stereocenters. The molecule has 0 unspecified atom stereocenters. The van der Waals surface area contributed by atoms with Crippen LogP contribution in [0.5, 0.6) is 0 Å². The van der Waals surface area contributed by atoms with Gasteiger partial charge in [-0.15, -0.1) is 11.3 Å². The molecule has 21 heavy (non-hydrogen) atoms. The number of carbonyl (C=O) groups is 1. The van der Waals surface area contributed by atoms with Gasteiger partial charge in [-0.3, -0.25) is 14.2 Å². The monoisotopic (exact) mass is 325 g/mol. The fourth-order valence-electron chi connectivity index (χ4n) is 2.03. The number of amides is 1. The molecule has 0 bridgehead atoms. The summed E-state index contributed by atoms with van der Waals surface area (Å²) in [4.78, 5) is 29.4. The highest BCUT2D eigenvalue weighted by molar-refractivity contribution is 7.71. The van der Waals surface area contributed by atoms with Crippen LogP contribution in [0.4, 0.5) is 0 Å². The molecule has 2 rings (SSSR count). The zero-order valence-corrected chi connectivity index (χ0v) is 14.2. The van der Waals surface area contributed by atoms with E-state index >= 15 is 0 Å². The maximum absolute atomic E-state index is 12.6. The maximum atomic E-state index is 12.6. The summed E-state index contributed by atoms with van der Waals surface area (Å²) < 4.78 is 1.61. The van der Waals surface area contributed by atoms with Crippen molar-refractivity contribution in [2.75, 3.05) is 6.54 Å². The van der Waals surface area contributed by atoms with Crippen molar-refractivity contribution in [3.63, 3.8) is 0 Å². The largest absolute Gasteiger partial charge is 0.354 e. The number of hydrogen-bond donors (Lipinski definition) is 2. The Morgan fingerprint density at radius 1 is 1.43 bits per heavy atom. The molecule has 0 saturated heterocycles. The van der Waals surface area contributed by atoms with Gasteiger partial charge < -0.3 is 10.3 Å². The summed E-state index contributed by atoms with van der Waals surface area (Å²) >= 11 is 6.72. The van der Waals surface area contributed by atoms with Crippen LogP contribution >= 0.6 is 23.6 Å². The number of hydrogen-bond acceptors (Lipinski definition) is 4. The van der Waals surface area contributed by atoms with Gasteiger partial charge in [-0.2, -0.15) is 0 Å². The second-order valence-corrected chi connectivity index (χ2v) is 7.12. The molecule has 1 amide bonds.